The maximum absolute atomic E-state index is 8.69. The molecule has 0 radical (unpaired) electrons. The fraction of sp³-hybridized carbons (Fsp3) is 0.250. The van der Waals surface area contributed by atoms with E-state index in [2.05, 4.69) is 11.9 Å². The normalized spacial score (nSPS) is 9.40. The summed E-state index contributed by atoms with van der Waals surface area (Å²) in [5, 5.41) is 12.4. The van der Waals surface area contributed by atoms with Gasteiger partial charge in [0.05, 0.1) is 10.6 Å². The highest BCUT2D eigenvalue weighted by Gasteiger charge is 2.00. The summed E-state index contributed by atoms with van der Waals surface area (Å²) in [7, 11) is 0. The van der Waals surface area contributed by atoms with Crippen LogP contribution in [0.15, 0.2) is 30.4 Å². The number of nitriles is 1. The summed E-state index contributed by atoms with van der Waals surface area (Å²) in [5.74, 6) is 0. The first-order valence-electron chi connectivity index (χ1n) is 4.71. The summed E-state index contributed by atoms with van der Waals surface area (Å²) in [5.41, 5.74) is 2.57. The zero-order valence-electron chi connectivity index (χ0n) is 8.68. The summed E-state index contributed by atoms with van der Waals surface area (Å²) < 4.78 is 0. The maximum Gasteiger partial charge on any atom is 0.101 e. The third-order valence-corrected chi connectivity index (χ3v) is 2.28. The fourth-order valence-electron chi connectivity index (χ4n) is 1.14. The quantitative estimate of drug-likeness (QED) is 0.788. The van der Waals surface area contributed by atoms with Crippen LogP contribution in [0.25, 0.3) is 0 Å². The molecule has 1 rings (SSSR count). The molecule has 15 heavy (non-hydrogen) atoms. The molecule has 1 N–H and O–H groups in total. The highest BCUT2D eigenvalue weighted by molar-refractivity contribution is 6.32. The van der Waals surface area contributed by atoms with Crippen molar-refractivity contribution in [1.82, 2.24) is 0 Å². The van der Waals surface area contributed by atoms with Gasteiger partial charge in [0.1, 0.15) is 6.07 Å². The van der Waals surface area contributed by atoms with Gasteiger partial charge < -0.3 is 5.32 Å². The van der Waals surface area contributed by atoms with E-state index in [9.17, 15) is 0 Å². The van der Waals surface area contributed by atoms with Crippen molar-refractivity contribution >= 4 is 17.3 Å². The van der Waals surface area contributed by atoms with E-state index in [0.717, 1.165) is 24.2 Å². The second kappa shape index (κ2) is 5.43. The van der Waals surface area contributed by atoms with Crippen molar-refractivity contribution in [2.45, 2.75) is 13.3 Å². The molecular formula is C12H13ClN2. The molecule has 0 aliphatic rings. The minimum absolute atomic E-state index is 0.484. The smallest absolute Gasteiger partial charge is 0.101 e. The van der Waals surface area contributed by atoms with Gasteiger partial charge in [0.15, 0.2) is 0 Å². The molecule has 3 heteroatoms. The second-order valence-electron chi connectivity index (χ2n) is 3.44. The van der Waals surface area contributed by atoms with Gasteiger partial charge >= 0.3 is 0 Å². The number of hydrogen-bond acceptors (Lipinski definition) is 2. The number of benzene rings is 1. The van der Waals surface area contributed by atoms with E-state index in [1.807, 2.05) is 19.1 Å². The van der Waals surface area contributed by atoms with Gasteiger partial charge in [-0.1, -0.05) is 17.2 Å². The first kappa shape index (κ1) is 11.6. The van der Waals surface area contributed by atoms with Crippen molar-refractivity contribution in [1.29, 1.82) is 5.26 Å². The minimum Gasteiger partial charge on any atom is -0.385 e. The average molecular weight is 221 g/mol. The Hall–Kier alpha value is -1.46. The van der Waals surface area contributed by atoms with Crippen LogP contribution < -0.4 is 5.32 Å². The molecule has 1 aromatic rings. The molecule has 78 valence electrons. The molecule has 0 aliphatic carbocycles. The van der Waals surface area contributed by atoms with Crippen molar-refractivity contribution < 1.29 is 0 Å². The maximum atomic E-state index is 8.69. The summed E-state index contributed by atoms with van der Waals surface area (Å²) >= 11 is 5.89. The van der Waals surface area contributed by atoms with Gasteiger partial charge in [0.2, 0.25) is 0 Å². The summed E-state index contributed by atoms with van der Waals surface area (Å²) in [6, 6.07) is 7.35. The van der Waals surface area contributed by atoms with E-state index in [1.165, 1.54) is 0 Å². The lowest BCUT2D eigenvalue weighted by molar-refractivity contribution is 1.00. The molecule has 0 aliphatic heterocycles. The molecule has 1 aromatic carbocycles. The van der Waals surface area contributed by atoms with Crippen molar-refractivity contribution in [3.05, 3.63) is 40.9 Å². The molecule has 0 saturated heterocycles. The zero-order valence-corrected chi connectivity index (χ0v) is 9.43. The summed E-state index contributed by atoms with van der Waals surface area (Å²) in [6.07, 6.45) is 0.928. The van der Waals surface area contributed by atoms with Gasteiger partial charge in [-0.15, -0.1) is 6.58 Å². The van der Waals surface area contributed by atoms with Crippen molar-refractivity contribution in [3.8, 4) is 6.07 Å². The Morgan fingerprint density at radius 2 is 2.33 bits per heavy atom. The molecular weight excluding hydrogens is 208 g/mol. The zero-order chi connectivity index (χ0) is 11.3. The Labute approximate surface area is 95.2 Å². The van der Waals surface area contributed by atoms with E-state index in [-0.39, 0.29) is 0 Å². The number of hydrogen-bond donors (Lipinski definition) is 1. The molecule has 0 saturated carbocycles. The Morgan fingerprint density at radius 3 is 2.87 bits per heavy atom. The SMILES string of the molecule is C=C(C)CCNc1ccc(C#N)c(Cl)c1. The second-order valence-corrected chi connectivity index (χ2v) is 3.85. The highest BCUT2D eigenvalue weighted by atomic mass is 35.5. The number of nitrogens with one attached hydrogen (secondary N) is 1. The van der Waals surface area contributed by atoms with Crippen LogP contribution in [-0.4, -0.2) is 6.54 Å². The first-order valence-corrected chi connectivity index (χ1v) is 5.09. The van der Waals surface area contributed by atoms with Crippen LogP contribution in [0, 0.1) is 11.3 Å². The van der Waals surface area contributed by atoms with Gasteiger partial charge in [-0.25, -0.2) is 0 Å². The van der Waals surface area contributed by atoms with Crippen molar-refractivity contribution in [3.63, 3.8) is 0 Å². The number of rotatable bonds is 4. The van der Waals surface area contributed by atoms with Crippen LogP contribution in [-0.2, 0) is 0 Å². The molecule has 0 spiro atoms. The minimum atomic E-state index is 0.484. The first-order chi connectivity index (χ1) is 7.13. The van der Waals surface area contributed by atoms with Crippen molar-refractivity contribution in [2.75, 3.05) is 11.9 Å². The summed E-state index contributed by atoms with van der Waals surface area (Å²) in [6.45, 7) is 6.65. The molecule has 0 heterocycles. The van der Waals surface area contributed by atoms with Crippen LogP contribution in [0.5, 0.6) is 0 Å². The lowest BCUT2D eigenvalue weighted by Crippen LogP contribution is -2.01. The number of halogens is 1. The van der Waals surface area contributed by atoms with Crippen LogP contribution in [0.1, 0.15) is 18.9 Å². The summed E-state index contributed by atoms with van der Waals surface area (Å²) in [4.78, 5) is 0. The van der Waals surface area contributed by atoms with E-state index in [1.54, 1.807) is 12.1 Å². The van der Waals surface area contributed by atoms with E-state index in [4.69, 9.17) is 16.9 Å². The number of anilines is 1. The topological polar surface area (TPSA) is 35.8 Å². The molecule has 0 fully saturated rings. The Morgan fingerprint density at radius 1 is 1.60 bits per heavy atom. The third-order valence-electron chi connectivity index (χ3n) is 1.97. The van der Waals surface area contributed by atoms with Crippen molar-refractivity contribution in [2.24, 2.45) is 0 Å². The molecule has 0 unspecified atom stereocenters. The average Bonchev–Trinajstić information content (AvgIpc) is 2.17. The Balaban J connectivity index is 2.60. The molecule has 0 atom stereocenters. The molecule has 0 bridgehead atoms. The lowest BCUT2D eigenvalue weighted by Gasteiger charge is -2.06. The predicted molar refractivity (Wildman–Crippen MR) is 64.1 cm³/mol. The standard InChI is InChI=1S/C12H13ClN2/c1-9(2)5-6-15-11-4-3-10(8-14)12(13)7-11/h3-4,7,15H,1,5-6H2,2H3. The van der Waals surface area contributed by atoms with E-state index >= 15 is 0 Å². The highest BCUT2D eigenvalue weighted by Crippen LogP contribution is 2.20. The van der Waals surface area contributed by atoms with Crippen LogP contribution in [0.3, 0.4) is 0 Å². The van der Waals surface area contributed by atoms with Gasteiger partial charge in [0, 0.05) is 12.2 Å². The van der Waals surface area contributed by atoms with Crippen LogP contribution in [0.2, 0.25) is 5.02 Å². The Bertz CT molecular complexity index is 405. The van der Waals surface area contributed by atoms with Gasteiger partial charge in [-0.3, -0.25) is 0 Å². The largest absolute Gasteiger partial charge is 0.385 e. The molecule has 0 amide bonds. The Kier molecular flexibility index (Phi) is 4.20. The lowest BCUT2D eigenvalue weighted by atomic mass is 10.2. The monoisotopic (exact) mass is 220 g/mol. The molecule has 2 nitrogen and oxygen atoms in total. The fourth-order valence-corrected chi connectivity index (χ4v) is 1.36. The molecule has 0 aromatic heterocycles. The van der Waals surface area contributed by atoms with Gasteiger partial charge in [-0.05, 0) is 31.5 Å². The predicted octanol–water partition coefficient (Wildman–Crippen LogP) is 3.59. The van der Waals surface area contributed by atoms with E-state index in [0.29, 0.717) is 10.6 Å². The third kappa shape index (κ3) is 3.65. The van der Waals surface area contributed by atoms with E-state index < -0.39 is 0 Å². The van der Waals surface area contributed by atoms with Crippen LogP contribution >= 0.6 is 11.6 Å². The van der Waals surface area contributed by atoms with Crippen LogP contribution in [0.4, 0.5) is 5.69 Å². The number of nitrogens with zero attached hydrogens (tertiary/aromatic N) is 1. The van der Waals surface area contributed by atoms with Gasteiger partial charge in [-0.2, -0.15) is 5.26 Å². The van der Waals surface area contributed by atoms with Gasteiger partial charge in [0.25, 0.3) is 0 Å².